The fraction of sp³-hybridized carbons (Fsp3) is 0.235. The molecule has 0 radical (unpaired) electrons. The molecule has 0 bridgehead atoms. The SMILES string of the molecule is CCC(Sc1nc2cc3c(cc2c(=O)n1Cc1ccc(C(=O)NCc2ccc4c(c2)OCO4)cc1)OCO3)C(=O)NCc1ccco1. The van der Waals surface area contributed by atoms with E-state index in [2.05, 4.69) is 10.6 Å². The maximum atomic E-state index is 14.0. The summed E-state index contributed by atoms with van der Waals surface area (Å²) in [5.41, 5.74) is 2.29. The lowest BCUT2D eigenvalue weighted by Crippen LogP contribution is -2.33. The van der Waals surface area contributed by atoms with Gasteiger partial charge in [0.2, 0.25) is 19.5 Å². The molecule has 2 N–H and O–H groups in total. The van der Waals surface area contributed by atoms with E-state index in [4.69, 9.17) is 28.3 Å². The monoisotopic (exact) mass is 654 g/mol. The number of nitrogens with one attached hydrogen (secondary N) is 2. The molecule has 2 aliphatic rings. The van der Waals surface area contributed by atoms with Gasteiger partial charge in [0.25, 0.3) is 11.5 Å². The van der Waals surface area contributed by atoms with Crippen molar-refractivity contribution in [1.82, 2.24) is 20.2 Å². The number of fused-ring (bicyclic) bond motifs is 3. The van der Waals surface area contributed by atoms with Gasteiger partial charge in [-0.1, -0.05) is 36.9 Å². The molecule has 13 heteroatoms. The zero-order valence-electron chi connectivity index (χ0n) is 25.3. The van der Waals surface area contributed by atoms with Crippen molar-refractivity contribution in [2.75, 3.05) is 13.6 Å². The quantitative estimate of drug-likeness (QED) is 0.153. The first-order valence-electron chi connectivity index (χ1n) is 15.0. The second-order valence-electron chi connectivity index (χ2n) is 10.9. The van der Waals surface area contributed by atoms with Crippen LogP contribution in [0.1, 0.15) is 40.6 Å². The minimum atomic E-state index is -0.523. The molecule has 240 valence electrons. The number of ether oxygens (including phenoxy) is 4. The van der Waals surface area contributed by atoms with Crippen molar-refractivity contribution in [3.05, 3.63) is 106 Å². The summed E-state index contributed by atoms with van der Waals surface area (Å²) in [6.07, 6.45) is 2.05. The molecule has 12 nitrogen and oxygen atoms in total. The highest BCUT2D eigenvalue weighted by molar-refractivity contribution is 8.00. The summed E-state index contributed by atoms with van der Waals surface area (Å²) in [7, 11) is 0. The number of rotatable bonds is 11. The van der Waals surface area contributed by atoms with E-state index < -0.39 is 5.25 Å². The van der Waals surface area contributed by atoms with Crippen LogP contribution in [-0.2, 0) is 24.4 Å². The van der Waals surface area contributed by atoms with Crippen molar-refractivity contribution in [3.8, 4) is 23.0 Å². The predicted molar refractivity (Wildman–Crippen MR) is 172 cm³/mol. The molecular weight excluding hydrogens is 624 g/mol. The highest BCUT2D eigenvalue weighted by Gasteiger charge is 2.24. The van der Waals surface area contributed by atoms with E-state index in [0.29, 0.717) is 63.3 Å². The van der Waals surface area contributed by atoms with Crippen molar-refractivity contribution in [2.45, 2.75) is 43.4 Å². The van der Waals surface area contributed by atoms with Crippen LogP contribution >= 0.6 is 11.8 Å². The van der Waals surface area contributed by atoms with E-state index in [0.717, 1.165) is 11.1 Å². The summed E-state index contributed by atoms with van der Waals surface area (Å²) < 4.78 is 28.7. The average molecular weight is 655 g/mol. The third-order valence-corrected chi connectivity index (χ3v) is 9.14. The molecule has 4 heterocycles. The lowest BCUT2D eigenvalue weighted by molar-refractivity contribution is -0.120. The van der Waals surface area contributed by atoms with Crippen LogP contribution in [0.3, 0.4) is 0 Å². The third kappa shape index (κ3) is 6.47. The van der Waals surface area contributed by atoms with Crippen LogP contribution in [0.2, 0.25) is 0 Å². The fourth-order valence-corrected chi connectivity index (χ4v) is 6.29. The molecule has 3 aromatic carbocycles. The van der Waals surface area contributed by atoms with Gasteiger partial charge in [-0.15, -0.1) is 0 Å². The van der Waals surface area contributed by atoms with Crippen molar-refractivity contribution in [1.29, 1.82) is 0 Å². The molecule has 2 amide bonds. The Balaban J connectivity index is 1.11. The van der Waals surface area contributed by atoms with Crippen LogP contribution in [0.25, 0.3) is 10.9 Å². The molecule has 5 aromatic rings. The summed E-state index contributed by atoms with van der Waals surface area (Å²) >= 11 is 1.22. The van der Waals surface area contributed by atoms with Gasteiger partial charge in [0.15, 0.2) is 28.2 Å². The molecule has 0 fully saturated rings. The summed E-state index contributed by atoms with van der Waals surface area (Å²) in [5.74, 6) is 2.52. The van der Waals surface area contributed by atoms with Crippen LogP contribution in [0.4, 0.5) is 0 Å². The first-order valence-corrected chi connectivity index (χ1v) is 15.9. The second kappa shape index (κ2) is 13.1. The molecule has 2 aromatic heterocycles. The molecule has 2 aliphatic heterocycles. The Bertz CT molecular complexity index is 2010. The number of thioether (sulfide) groups is 1. The van der Waals surface area contributed by atoms with Crippen molar-refractivity contribution >= 4 is 34.5 Å². The van der Waals surface area contributed by atoms with Crippen LogP contribution < -0.4 is 35.1 Å². The molecule has 0 saturated carbocycles. The molecule has 0 aliphatic carbocycles. The molecule has 47 heavy (non-hydrogen) atoms. The van der Waals surface area contributed by atoms with Crippen LogP contribution in [0.5, 0.6) is 23.0 Å². The number of carbonyl (C=O) groups excluding carboxylic acids is 2. The number of hydrogen-bond acceptors (Lipinski definition) is 10. The van der Waals surface area contributed by atoms with Gasteiger partial charge in [0, 0.05) is 18.2 Å². The summed E-state index contributed by atoms with van der Waals surface area (Å²) in [6.45, 7) is 2.89. The lowest BCUT2D eigenvalue weighted by atomic mass is 10.1. The Labute approximate surface area is 273 Å². The lowest BCUT2D eigenvalue weighted by Gasteiger charge is -2.18. The molecule has 1 atom stereocenters. The van der Waals surface area contributed by atoms with E-state index in [1.165, 1.54) is 11.8 Å². The van der Waals surface area contributed by atoms with E-state index in [1.807, 2.05) is 25.1 Å². The minimum Gasteiger partial charge on any atom is -0.467 e. The average Bonchev–Trinajstić information content (AvgIpc) is 3.88. The first kappa shape index (κ1) is 30.2. The summed E-state index contributed by atoms with van der Waals surface area (Å²) in [4.78, 5) is 44.9. The number of furan rings is 1. The standard InChI is InChI=1S/C34H30N4O8S/c1-2-30(32(40)36-16-23-4-3-11-42-23)47-34-37-25-14-29-28(45-19-46-29)13-24(25)33(41)38(34)17-20-5-8-22(9-6-20)31(39)35-15-21-7-10-26-27(12-21)44-18-43-26/h3-14,30H,2,15-19H2,1H3,(H,35,39)(H,36,40). The molecular formula is C34H30N4O8S. The number of aromatic nitrogens is 2. The van der Waals surface area contributed by atoms with Gasteiger partial charge in [-0.25, -0.2) is 4.98 Å². The van der Waals surface area contributed by atoms with E-state index in [9.17, 15) is 14.4 Å². The zero-order chi connectivity index (χ0) is 32.3. The van der Waals surface area contributed by atoms with E-state index >= 15 is 0 Å². The smallest absolute Gasteiger partial charge is 0.262 e. The maximum Gasteiger partial charge on any atom is 0.262 e. The zero-order valence-corrected chi connectivity index (χ0v) is 26.1. The fourth-order valence-electron chi connectivity index (χ4n) is 5.25. The minimum absolute atomic E-state index is 0.0613. The summed E-state index contributed by atoms with van der Waals surface area (Å²) in [6, 6.07) is 19.4. The molecule has 0 saturated heterocycles. The van der Waals surface area contributed by atoms with Gasteiger partial charge in [-0.3, -0.25) is 19.0 Å². The van der Waals surface area contributed by atoms with Crippen LogP contribution in [0, 0.1) is 0 Å². The van der Waals surface area contributed by atoms with Gasteiger partial charge >= 0.3 is 0 Å². The Morgan fingerprint density at radius 3 is 2.34 bits per heavy atom. The molecule has 0 spiro atoms. The Morgan fingerprint density at radius 2 is 1.60 bits per heavy atom. The normalized spacial score (nSPS) is 13.5. The highest BCUT2D eigenvalue weighted by atomic mass is 32.2. The number of nitrogens with zero attached hydrogens (tertiary/aromatic N) is 2. The number of benzene rings is 3. The Hall–Kier alpha value is -5.43. The number of hydrogen-bond donors (Lipinski definition) is 2. The summed E-state index contributed by atoms with van der Waals surface area (Å²) in [5, 5.41) is 6.05. The largest absolute Gasteiger partial charge is 0.467 e. The van der Waals surface area contributed by atoms with Crippen LogP contribution in [-0.4, -0.2) is 40.2 Å². The van der Waals surface area contributed by atoms with Crippen molar-refractivity contribution in [3.63, 3.8) is 0 Å². The van der Waals surface area contributed by atoms with Gasteiger partial charge in [0.1, 0.15) is 5.76 Å². The molecule has 7 rings (SSSR count). The van der Waals surface area contributed by atoms with Crippen molar-refractivity contribution < 1.29 is 33.0 Å². The third-order valence-electron chi connectivity index (χ3n) is 7.79. The predicted octanol–water partition coefficient (Wildman–Crippen LogP) is 4.61. The van der Waals surface area contributed by atoms with E-state index in [1.54, 1.807) is 59.4 Å². The Kier molecular flexibility index (Phi) is 8.44. The topological polar surface area (TPSA) is 143 Å². The van der Waals surface area contributed by atoms with Gasteiger partial charge < -0.3 is 34.0 Å². The first-order chi connectivity index (χ1) is 22.9. The maximum absolute atomic E-state index is 14.0. The van der Waals surface area contributed by atoms with Gasteiger partial charge in [0.05, 0.1) is 35.5 Å². The van der Waals surface area contributed by atoms with Crippen molar-refractivity contribution in [2.24, 2.45) is 0 Å². The Morgan fingerprint density at radius 1 is 0.872 bits per heavy atom. The van der Waals surface area contributed by atoms with E-state index in [-0.39, 0.29) is 44.0 Å². The second-order valence-corrected chi connectivity index (χ2v) is 12.1. The highest BCUT2D eigenvalue weighted by Crippen LogP contribution is 2.36. The van der Waals surface area contributed by atoms with Crippen LogP contribution in [0.15, 0.2) is 87.4 Å². The number of carbonyl (C=O) groups is 2. The van der Waals surface area contributed by atoms with Gasteiger partial charge in [-0.2, -0.15) is 0 Å². The van der Waals surface area contributed by atoms with Gasteiger partial charge in [-0.05, 0) is 60.0 Å². The number of amides is 2. The molecule has 1 unspecified atom stereocenters.